The Hall–Kier alpha value is -2.96. The lowest BCUT2D eigenvalue weighted by atomic mass is 9.94. The van der Waals surface area contributed by atoms with Gasteiger partial charge in [0.15, 0.2) is 0 Å². The number of aryl methyl sites for hydroxylation is 1. The number of sulfonamides is 1. The van der Waals surface area contributed by atoms with E-state index in [1.807, 2.05) is 67.6 Å². The summed E-state index contributed by atoms with van der Waals surface area (Å²) in [5, 5.41) is 3.20. The normalized spacial score (nSPS) is 15.6. The number of piperidine rings is 1. The van der Waals surface area contributed by atoms with Crippen LogP contribution in [-0.2, 0) is 14.8 Å². The first kappa shape index (κ1) is 22.2. The van der Waals surface area contributed by atoms with Crippen molar-refractivity contribution in [2.45, 2.75) is 30.7 Å². The predicted molar refractivity (Wildman–Crippen MR) is 126 cm³/mol. The van der Waals surface area contributed by atoms with Gasteiger partial charge < -0.3 is 5.32 Å². The number of nitrogens with one attached hydrogen (secondary N) is 1. The van der Waals surface area contributed by atoms with E-state index >= 15 is 0 Å². The first-order chi connectivity index (χ1) is 15.4. The standard InChI is InChI=1S/C26H28N2O3S/c1-20-12-14-24(15-13-20)32(30,31)28-18-16-23(17-19-28)26(29)27-25(21-8-4-2-5-9-21)22-10-6-3-7-11-22/h2-15,23,25H,16-19H2,1H3,(H,27,29). The van der Waals surface area contributed by atoms with Crippen LogP contribution in [0.3, 0.4) is 0 Å². The molecule has 0 bridgehead atoms. The number of carbonyl (C=O) groups is 1. The summed E-state index contributed by atoms with van der Waals surface area (Å²) in [4.78, 5) is 13.4. The zero-order valence-electron chi connectivity index (χ0n) is 18.1. The van der Waals surface area contributed by atoms with Crippen LogP contribution in [0.25, 0.3) is 0 Å². The van der Waals surface area contributed by atoms with Gasteiger partial charge in [-0.1, -0.05) is 78.4 Å². The smallest absolute Gasteiger partial charge is 0.243 e. The molecule has 1 aliphatic rings. The van der Waals surface area contributed by atoms with Gasteiger partial charge in [-0.25, -0.2) is 8.42 Å². The monoisotopic (exact) mass is 448 g/mol. The number of benzene rings is 3. The minimum absolute atomic E-state index is 0.0323. The lowest BCUT2D eigenvalue weighted by molar-refractivity contribution is -0.126. The molecule has 0 radical (unpaired) electrons. The summed E-state index contributed by atoms with van der Waals surface area (Å²) in [6.07, 6.45) is 1.01. The molecule has 4 rings (SSSR count). The molecule has 32 heavy (non-hydrogen) atoms. The Morgan fingerprint density at radius 2 is 1.34 bits per heavy atom. The molecular formula is C26H28N2O3S. The van der Waals surface area contributed by atoms with Crippen molar-refractivity contribution >= 4 is 15.9 Å². The van der Waals surface area contributed by atoms with Gasteiger partial charge in [0.2, 0.25) is 15.9 Å². The van der Waals surface area contributed by atoms with Gasteiger partial charge in [0.05, 0.1) is 10.9 Å². The molecule has 1 saturated heterocycles. The van der Waals surface area contributed by atoms with Gasteiger partial charge >= 0.3 is 0 Å². The summed E-state index contributed by atoms with van der Waals surface area (Å²) in [5.74, 6) is -0.246. The highest BCUT2D eigenvalue weighted by atomic mass is 32.2. The van der Waals surface area contributed by atoms with E-state index in [9.17, 15) is 13.2 Å². The third kappa shape index (κ3) is 4.92. The van der Waals surface area contributed by atoms with E-state index in [1.54, 1.807) is 24.3 Å². The van der Waals surface area contributed by atoms with E-state index < -0.39 is 10.0 Å². The molecule has 166 valence electrons. The van der Waals surface area contributed by atoms with Crippen molar-refractivity contribution in [1.82, 2.24) is 9.62 Å². The average Bonchev–Trinajstić information content (AvgIpc) is 2.84. The lowest BCUT2D eigenvalue weighted by Gasteiger charge is -2.31. The van der Waals surface area contributed by atoms with Gasteiger partial charge in [-0.2, -0.15) is 4.31 Å². The molecule has 0 aliphatic carbocycles. The van der Waals surface area contributed by atoms with Crippen molar-refractivity contribution in [3.63, 3.8) is 0 Å². The van der Waals surface area contributed by atoms with Crippen LogP contribution in [0.4, 0.5) is 0 Å². The molecule has 1 fully saturated rings. The van der Waals surface area contributed by atoms with Crippen molar-refractivity contribution < 1.29 is 13.2 Å². The third-order valence-electron chi connectivity index (χ3n) is 6.04. The SMILES string of the molecule is Cc1ccc(S(=O)(=O)N2CCC(C(=O)NC(c3ccccc3)c3ccccc3)CC2)cc1. The van der Waals surface area contributed by atoms with Gasteiger partial charge in [0.1, 0.15) is 0 Å². The van der Waals surface area contributed by atoms with Crippen molar-refractivity contribution in [3.05, 3.63) is 102 Å². The van der Waals surface area contributed by atoms with Crippen LogP contribution >= 0.6 is 0 Å². The van der Waals surface area contributed by atoms with Crippen LogP contribution in [0.15, 0.2) is 89.8 Å². The number of rotatable bonds is 6. The zero-order chi connectivity index (χ0) is 22.6. The zero-order valence-corrected chi connectivity index (χ0v) is 19.0. The third-order valence-corrected chi connectivity index (χ3v) is 7.95. The fourth-order valence-electron chi connectivity index (χ4n) is 4.13. The van der Waals surface area contributed by atoms with E-state index in [0.29, 0.717) is 30.8 Å². The second-order valence-electron chi connectivity index (χ2n) is 8.25. The molecule has 1 heterocycles. The number of nitrogens with zero attached hydrogens (tertiary/aromatic N) is 1. The largest absolute Gasteiger partial charge is 0.345 e. The molecule has 1 N–H and O–H groups in total. The highest BCUT2D eigenvalue weighted by Gasteiger charge is 2.33. The second-order valence-corrected chi connectivity index (χ2v) is 10.2. The first-order valence-corrected chi connectivity index (χ1v) is 12.4. The first-order valence-electron chi connectivity index (χ1n) is 10.9. The molecule has 6 heteroatoms. The Balaban J connectivity index is 1.44. The summed E-state index contributed by atoms with van der Waals surface area (Å²) < 4.78 is 27.4. The van der Waals surface area contributed by atoms with Crippen molar-refractivity contribution in [2.75, 3.05) is 13.1 Å². The molecular weight excluding hydrogens is 420 g/mol. The number of hydrogen-bond acceptors (Lipinski definition) is 3. The Kier molecular flexibility index (Phi) is 6.72. The van der Waals surface area contributed by atoms with E-state index in [1.165, 1.54) is 4.31 Å². The topological polar surface area (TPSA) is 66.5 Å². The van der Waals surface area contributed by atoms with Gasteiger partial charge in [-0.05, 0) is 43.0 Å². The quantitative estimate of drug-likeness (QED) is 0.611. The Morgan fingerprint density at radius 3 is 1.84 bits per heavy atom. The van der Waals surface area contributed by atoms with Crippen LogP contribution in [0.5, 0.6) is 0 Å². The Bertz CT molecular complexity index is 1100. The van der Waals surface area contributed by atoms with Crippen LogP contribution in [0.2, 0.25) is 0 Å². The second kappa shape index (κ2) is 9.67. The number of hydrogen-bond donors (Lipinski definition) is 1. The molecule has 0 aromatic heterocycles. The molecule has 3 aromatic carbocycles. The molecule has 1 amide bonds. The summed E-state index contributed by atoms with van der Waals surface area (Å²) >= 11 is 0. The minimum Gasteiger partial charge on any atom is -0.345 e. The fourth-order valence-corrected chi connectivity index (χ4v) is 5.60. The van der Waals surface area contributed by atoms with Crippen LogP contribution in [0.1, 0.15) is 35.6 Å². The van der Waals surface area contributed by atoms with Crippen molar-refractivity contribution in [3.8, 4) is 0 Å². The van der Waals surface area contributed by atoms with Crippen LogP contribution in [-0.4, -0.2) is 31.7 Å². The average molecular weight is 449 g/mol. The number of amides is 1. The molecule has 0 saturated carbocycles. The summed E-state index contributed by atoms with van der Waals surface area (Å²) in [7, 11) is -3.54. The van der Waals surface area contributed by atoms with Gasteiger partial charge in [0, 0.05) is 19.0 Å². The lowest BCUT2D eigenvalue weighted by Crippen LogP contribution is -2.43. The maximum Gasteiger partial charge on any atom is 0.243 e. The van der Waals surface area contributed by atoms with Crippen molar-refractivity contribution in [2.24, 2.45) is 5.92 Å². The minimum atomic E-state index is -3.54. The van der Waals surface area contributed by atoms with Crippen LogP contribution in [0, 0.1) is 12.8 Å². The van der Waals surface area contributed by atoms with Gasteiger partial charge in [-0.15, -0.1) is 0 Å². The summed E-state index contributed by atoms with van der Waals surface area (Å²) in [6, 6.07) is 26.5. The predicted octanol–water partition coefficient (Wildman–Crippen LogP) is 4.30. The molecule has 0 atom stereocenters. The molecule has 5 nitrogen and oxygen atoms in total. The van der Waals surface area contributed by atoms with E-state index in [-0.39, 0.29) is 17.9 Å². The van der Waals surface area contributed by atoms with E-state index in [2.05, 4.69) is 5.32 Å². The van der Waals surface area contributed by atoms with Gasteiger partial charge in [-0.3, -0.25) is 4.79 Å². The Labute approximate surface area is 190 Å². The van der Waals surface area contributed by atoms with E-state index in [0.717, 1.165) is 16.7 Å². The molecule has 3 aromatic rings. The van der Waals surface area contributed by atoms with E-state index in [4.69, 9.17) is 0 Å². The Morgan fingerprint density at radius 1 is 0.844 bits per heavy atom. The summed E-state index contributed by atoms with van der Waals surface area (Å²) in [5.41, 5.74) is 3.06. The fraction of sp³-hybridized carbons (Fsp3) is 0.269. The molecule has 1 aliphatic heterocycles. The molecule has 0 spiro atoms. The number of carbonyl (C=O) groups excluding carboxylic acids is 1. The summed E-state index contributed by atoms with van der Waals surface area (Å²) in [6.45, 7) is 2.62. The maximum absolute atomic E-state index is 13.1. The maximum atomic E-state index is 13.1. The van der Waals surface area contributed by atoms with Crippen molar-refractivity contribution in [1.29, 1.82) is 0 Å². The highest BCUT2D eigenvalue weighted by molar-refractivity contribution is 7.89. The highest BCUT2D eigenvalue weighted by Crippen LogP contribution is 2.27. The van der Waals surface area contributed by atoms with Crippen LogP contribution < -0.4 is 5.32 Å². The van der Waals surface area contributed by atoms with Gasteiger partial charge in [0.25, 0.3) is 0 Å². The molecule has 0 unspecified atom stereocenters.